The van der Waals surface area contributed by atoms with Crippen LogP contribution in [-0.4, -0.2) is 21.5 Å². The van der Waals surface area contributed by atoms with Gasteiger partial charge in [-0.3, -0.25) is 0 Å². The van der Waals surface area contributed by atoms with Crippen LogP contribution in [0.5, 0.6) is 0 Å². The predicted octanol–water partition coefficient (Wildman–Crippen LogP) is 1.13. The molecule has 0 spiro atoms. The molecule has 0 saturated carbocycles. The van der Waals surface area contributed by atoms with Crippen LogP contribution in [0.4, 0.5) is 5.82 Å². The highest BCUT2D eigenvalue weighted by molar-refractivity contribution is 7.16. The molecule has 0 saturated heterocycles. The molecule has 4 nitrogen and oxygen atoms in total. The summed E-state index contributed by atoms with van der Waals surface area (Å²) in [4.78, 5) is 13.1. The van der Waals surface area contributed by atoms with Crippen molar-refractivity contribution in [2.75, 3.05) is 11.9 Å². The fraction of sp³-hybridized carbons (Fsp3) is 0.125. The monoisotopic (exact) mass is 190 g/mol. The summed E-state index contributed by atoms with van der Waals surface area (Å²) in [5.74, 6) is 3.18. The molecule has 5 heteroatoms. The summed E-state index contributed by atoms with van der Waals surface area (Å²) in [6.45, 7) is 0.448. The van der Waals surface area contributed by atoms with Gasteiger partial charge in [-0.2, -0.15) is 0 Å². The van der Waals surface area contributed by atoms with Crippen molar-refractivity contribution in [3.05, 3.63) is 11.8 Å². The van der Waals surface area contributed by atoms with E-state index in [9.17, 15) is 0 Å². The van der Waals surface area contributed by atoms with Gasteiger partial charge in [-0.1, -0.05) is 5.92 Å². The maximum Gasteiger partial charge on any atom is 0.157 e. The van der Waals surface area contributed by atoms with Crippen molar-refractivity contribution in [2.24, 2.45) is 0 Å². The van der Waals surface area contributed by atoms with E-state index in [1.165, 1.54) is 17.7 Å². The summed E-state index contributed by atoms with van der Waals surface area (Å²) in [6, 6.07) is 0. The number of nitrogens with zero attached hydrogens (tertiary/aromatic N) is 3. The van der Waals surface area contributed by atoms with Crippen LogP contribution in [0.2, 0.25) is 0 Å². The third kappa shape index (κ3) is 1.44. The van der Waals surface area contributed by atoms with Gasteiger partial charge in [0.25, 0.3) is 0 Å². The molecule has 13 heavy (non-hydrogen) atoms. The number of rotatable bonds is 2. The Morgan fingerprint density at radius 2 is 2.38 bits per heavy atom. The lowest BCUT2D eigenvalue weighted by molar-refractivity contribution is 1.19. The Hall–Kier alpha value is -1.67. The van der Waals surface area contributed by atoms with Gasteiger partial charge in [0.05, 0.1) is 12.1 Å². The molecule has 0 amide bonds. The Labute approximate surface area is 79.1 Å². The van der Waals surface area contributed by atoms with E-state index in [0.29, 0.717) is 12.4 Å². The van der Waals surface area contributed by atoms with Gasteiger partial charge in [-0.05, 0) is 0 Å². The summed E-state index contributed by atoms with van der Waals surface area (Å²) in [7, 11) is 0. The number of hydrogen-bond acceptors (Lipinski definition) is 5. The molecular weight excluding hydrogens is 184 g/mol. The van der Waals surface area contributed by atoms with E-state index in [4.69, 9.17) is 6.42 Å². The molecule has 2 aromatic heterocycles. The van der Waals surface area contributed by atoms with Crippen LogP contribution < -0.4 is 5.32 Å². The van der Waals surface area contributed by atoms with Crippen LogP contribution in [0.15, 0.2) is 11.8 Å². The maximum atomic E-state index is 5.12. The highest BCUT2D eigenvalue weighted by atomic mass is 32.1. The molecular formula is C8H6N4S. The Balaban J connectivity index is 2.44. The van der Waals surface area contributed by atoms with Crippen LogP contribution in [-0.2, 0) is 0 Å². The zero-order valence-electron chi connectivity index (χ0n) is 6.69. The normalized spacial score (nSPS) is 9.77. The zero-order chi connectivity index (χ0) is 9.10. The van der Waals surface area contributed by atoms with E-state index < -0.39 is 0 Å². The smallest absolute Gasteiger partial charge is 0.157 e. The van der Waals surface area contributed by atoms with Gasteiger partial charge in [-0.15, -0.1) is 17.8 Å². The molecule has 64 valence electrons. The van der Waals surface area contributed by atoms with Crippen LogP contribution in [0, 0.1) is 12.3 Å². The second kappa shape index (κ2) is 3.37. The first kappa shape index (κ1) is 7.95. The lowest BCUT2D eigenvalue weighted by atomic mass is 10.5. The lowest BCUT2D eigenvalue weighted by Gasteiger charge is -1.99. The van der Waals surface area contributed by atoms with Crippen molar-refractivity contribution >= 4 is 27.5 Å². The average molecular weight is 190 g/mol. The van der Waals surface area contributed by atoms with Crippen molar-refractivity contribution in [2.45, 2.75) is 0 Å². The Morgan fingerprint density at radius 1 is 1.46 bits per heavy atom. The molecule has 0 atom stereocenters. The third-order valence-corrected chi connectivity index (χ3v) is 2.23. The third-order valence-electron chi connectivity index (χ3n) is 1.49. The van der Waals surface area contributed by atoms with Crippen LogP contribution >= 0.6 is 11.3 Å². The quantitative estimate of drug-likeness (QED) is 0.721. The fourth-order valence-corrected chi connectivity index (χ4v) is 1.59. The minimum Gasteiger partial charge on any atom is -0.357 e. The molecule has 2 heterocycles. The summed E-state index contributed by atoms with van der Waals surface area (Å²) in [5, 5.41) is 2.98. The van der Waals surface area contributed by atoms with Gasteiger partial charge < -0.3 is 5.32 Å². The second-order valence-electron chi connectivity index (χ2n) is 2.29. The number of anilines is 1. The minimum atomic E-state index is 0.448. The maximum absolute atomic E-state index is 5.12. The van der Waals surface area contributed by atoms with E-state index in [1.54, 1.807) is 5.51 Å². The Kier molecular flexibility index (Phi) is 2.06. The molecule has 0 aliphatic rings. The van der Waals surface area contributed by atoms with Crippen molar-refractivity contribution in [3.8, 4) is 12.3 Å². The van der Waals surface area contributed by atoms with Gasteiger partial charge in [-0.25, -0.2) is 15.0 Å². The van der Waals surface area contributed by atoms with E-state index in [-0.39, 0.29) is 0 Å². The molecule has 1 N–H and O–H groups in total. The summed E-state index contributed by atoms with van der Waals surface area (Å²) in [6.07, 6.45) is 6.62. The number of nitrogens with one attached hydrogen (secondary N) is 1. The van der Waals surface area contributed by atoms with E-state index in [0.717, 1.165) is 10.3 Å². The van der Waals surface area contributed by atoms with Crippen molar-refractivity contribution in [3.63, 3.8) is 0 Å². The molecule has 0 unspecified atom stereocenters. The van der Waals surface area contributed by atoms with Gasteiger partial charge in [0, 0.05) is 0 Å². The van der Waals surface area contributed by atoms with Crippen molar-refractivity contribution in [1.82, 2.24) is 15.0 Å². The predicted molar refractivity (Wildman–Crippen MR) is 52.5 cm³/mol. The van der Waals surface area contributed by atoms with Gasteiger partial charge >= 0.3 is 0 Å². The number of aromatic nitrogens is 3. The molecule has 2 aromatic rings. The summed E-state index contributed by atoms with van der Waals surface area (Å²) in [5.41, 5.74) is 2.52. The van der Waals surface area contributed by atoms with Crippen LogP contribution in [0.1, 0.15) is 0 Å². The zero-order valence-corrected chi connectivity index (χ0v) is 7.51. The first-order chi connectivity index (χ1) is 6.42. The highest BCUT2D eigenvalue weighted by Gasteiger charge is 2.03. The SMILES string of the molecule is C#CCNc1ncnc2scnc12. The van der Waals surface area contributed by atoms with Crippen molar-refractivity contribution in [1.29, 1.82) is 0 Å². The first-order valence-electron chi connectivity index (χ1n) is 3.63. The van der Waals surface area contributed by atoms with Crippen LogP contribution in [0.25, 0.3) is 10.3 Å². The second-order valence-corrected chi connectivity index (χ2v) is 3.12. The van der Waals surface area contributed by atoms with E-state index in [2.05, 4.69) is 26.2 Å². The standard InChI is InChI=1S/C8H6N4S/c1-2-3-9-7-6-8(11-4-10-7)13-5-12-6/h1,4-5H,3H2,(H,9,10,11). The number of terminal acetylenes is 1. The lowest BCUT2D eigenvalue weighted by Crippen LogP contribution is -2.01. The highest BCUT2D eigenvalue weighted by Crippen LogP contribution is 2.19. The molecule has 0 bridgehead atoms. The largest absolute Gasteiger partial charge is 0.357 e. The molecule has 0 radical (unpaired) electrons. The number of thiazole rings is 1. The Morgan fingerprint density at radius 3 is 3.23 bits per heavy atom. The van der Waals surface area contributed by atoms with E-state index >= 15 is 0 Å². The minimum absolute atomic E-state index is 0.448. The fourth-order valence-electron chi connectivity index (χ4n) is 0.958. The molecule has 0 aromatic carbocycles. The first-order valence-corrected chi connectivity index (χ1v) is 4.51. The molecule has 0 fully saturated rings. The molecule has 0 aliphatic carbocycles. The van der Waals surface area contributed by atoms with Gasteiger partial charge in [0.2, 0.25) is 0 Å². The van der Waals surface area contributed by atoms with Gasteiger partial charge in [0.15, 0.2) is 5.82 Å². The van der Waals surface area contributed by atoms with Crippen LogP contribution in [0.3, 0.4) is 0 Å². The average Bonchev–Trinajstić information content (AvgIpc) is 2.62. The summed E-state index contributed by atoms with van der Waals surface area (Å²) < 4.78 is 0. The summed E-state index contributed by atoms with van der Waals surface area (Å²) >= 11 is 1.48. The molecule has 2 rings (SSSR count). The Bertz CT molecular complexity index is 456. The number of hydrogen-bond donors (Lipinski definition) is 1. The molecule has 0 aliphatic heterocycles. The van der Waals surface area contributed by atoms with E-state index in [1.807, 2.05) is 0 Å². The van der Waals surface area contributed by atoms with Gasteiger partial charge in [0.1, 0.15) is 16.7 Å². The number of fused-ring (bicyclic) bond motifs is 1. The topological polar surface area (TPSA) is 50.7 Å². The van der Waals surface area contributed by atoms with Crippen molar-refractivity contribution < 1.29 is 0 Å².